The van der Waals surface area contributed by atoms with Crippen molar-refractivity contribution in [2.45, 2.75) is 25.8 Å². The van der Waals surface area contributed by atoms with E-state index in [0.29, 0.717) is 12.8 Å². The van der Waals surface area contributed by atoms with E-state index in [-0.39, 0.29) is 24.4 Å². The second-order valence-electron chi connectivity index (χ2n) is 3.78. The lowest BCUT2D eigenvalue weighted by Crippen LogP contribution is -2.35. The number of nitrogens with one attached hydrogen (secondary N) is 1. The number of halogens is 1. The zero-order valence-corrected chi connectivity index (χ0v) is 9.24. The third-order valence-electron chi connectivity index (χ3n) is 2.24. The lowest BCUT2D eigenvalue weighted by molar-refractivity contribution is -0.121. The summed E-state index contributed by atoms with van der Waals surface area (Å²) < 4.78 is 12.6. The normalized spacial score (nSPS) is 12.2. The minimum absolute atomic E-state index is 0.0672. The molecule has 2 N–H and O–H groups in total. The Kier molecular flexibility index (Phi) is 4.92. The van der Waals surface area contributed by atoms with Gasteiger partial charge in [0, 0.05) is 12.5 Å². The molecule has 1 aromatic carbocycles. The lowest BCUT2D eigenvalue weighted by Gasteiger charge is -2.10. The summed E-state index contributed by atoms with van der Waals surface area (Å²) in [6.45, 7) is 1.66. The van der Waals surface area contributed by atoms with Crippen LogP contribution in [0.15, 0.2) is 24.3 Å². The number of amides is 1. The van der Waals surface area contributed by atoms with Crippen molar-refractivity contribution in [1.29, 1.82) is 0 Å². The van der Waals surface area contributed by atoms with Crippen LogP contribution in [0.5, 0.6) is 0 Å². The molecule has 0 saturated heterocycles. The van der Waals surface area contributed by atoms with E-state index in [1.165, 1.54) is 12.1 Å². The molecule has 0 aliphatic heterocycles. The fourth-order valence-corrected chi connectivity index (χ4v) is 1.30. The highest BCUT2D eigenvalue weighted by Crippen LogP contribution is 2.05. The lowest BCUT2D eigenvalue weighted by atomic mass is 10.1. The monoisotopic (exact) mass is 225 g/mol. The number of rotatable bonds is 5. The van der Waals surface area contributed by atoms with Gasteiger partial charge in [-0.25, -0.2) is 4.39 Å². The van der Waals surface area contributed by atoms with Crippen molar-refractivity contribution in [2.75, 3.05) is 6.61 Å². The Morgan fingerprint density at radius 2 is 2.06 bits per heavy atom. The zero-order valence-electron chi connectivity index (χ0n) is 9.24. The summed E-state index contributed by atoms with van der Waals surface area (Å²) in [7, 11) is 0. The predicted octanol–water partition coefficient (Wildman–Crippen LogP) is 1.26. The van der Waals surface area contributed by atoms with E-state index < -0.39 is 0 Å². The minimum atomic E-state index is -0.276. The van der Waals surface area contributed by atoms with E-state index >= 15 is 0 Å². The number of carbonyl (C=O) groups excluding carboxylic acids is 1. The maximum Gasteiger partial charge on any atom is 0.220 e. The van der Waals surface area contributed by atoms with Crippen molar-refractivity contribution in [3.63, 3.8) is 0 Å². The Hall–Kier alpha value is -1.42. The van der Waals surface area contributed by atoms with Crippen LogP contribution in [0.2, 0.25) is 0 Å². The first kappa shape index (κ1) is 12.6. The Morgan fingerprint density at radius 3 is 2.62 bits per heavy atom. The molecule has 4 heteroatoms. The van der Waals surface area contributed by atoms with Crippen molar-refractivity contribution in [1.82, 2.24) is 5.32 Å². The number of hydrogen-bond acceptors (Lipinski definition) is 2. The molecule has 0 aliphatic rings. The smallest absolute Gasteiger partial charge is 0.220 e. The van der Waals surface area contributed by atoms with Gasteiger partial charge in [0.05, 0.1) is 6.61 Å². The SMILES string of the molecule is C[C@@H](CO)NC(=O)CCc1ccc(F)cc1. The van der Waals surface area contributed by atoms with Gasteiger partial charge < -0.3 is 10.4 Å². The van der Waals surface area contributed by atoms with Gasteiger partial charge in [-0.05, 0) is 31.0 Å². The van der Waals surface area contributed by atoms with Gasteiger partial charge in [0.25, 0.3) is 0 Å². The van der Waals surface area contributed by atoms with Gasteiger partial charge in [-0.3, -0.25) is 4.79 Å². The molecule has 0 aromatic heterocycles. The number of aliphatic hydroxyl groups excluding tert-OH is 1. The second kappa shape index (κ2) is 6.23. The van der Waals surface area contributed by atoms with Gasteiger partial charge in [0.1, 0.15) is 5.82 Å². The first-order chi connectivity index (χ1) is 7.61. The van der Waals surface area contributed by atoms with Crippen LogP contribution < -0.4 is 5.32 Å². The molecule has 0 saturated carbocycles. The highest BCUT2D eigenvalue weighted by Gasteiger charge is 2.06. The van der Waals surface area contributed by atoms with Crippen molar-refractivity contribution < 1.29 is 14.3 Å². The van der Waals surface area contributed by atoms with Crippen molar-refractivity contribution >= 4 is 5.91 Å². The van der Waals surface area contributed by atoms with E-state index in [1.54, 1.807) is 19.1 Å². The number of aryl methyl sites for hydroxylation is 1. The third kappa shape index (κ3) is 4.40. The number of hydrogen-bond donors (Lipinski definition) is 2. The molecule has 88 valence electrons. The van der Waals surface area contributed by atoms with Crippen LogP contribution in [0.4, 0.5) is 4.39 Å². The zero-order chi connectivity index (χ0) is 12.0. The molecule has 0 fully saturated rings. The van der Waals surface area contributed by atoms with Crippen LogP contribution in [0.3, 0.4) is 0 Å². The first-order valence-electron chi connectivity index (χ1n) is 5.26. The van der Waals surface area contributed by atoms with Gasteiger partial charge in [0.15, 0.2) is 0 Å². The Balaban J connectivity index is 2.34. The summed E-state index contributed by atoms with van der Waals surface area (Å²) in [4.78, 5) is 11.4. The molecule has 0 radical (unpaired) electrons. The van der Waals surface area contributed by atoms with Gasteiger partial charge >= 0.3 is 0 Å². The quantitative estimate of drug-likeness (QED) is 0.792. The highest BCUT2D eigenvalue weighted by atomic mass is 19.1. The maximum absolute atomic E-state index is 12.6. The predicted molar refractivity (Wildman–Crippen MR) is 59.4 cm³/mol. The van der Waals surface area contributed by atoms with Crippen LogP contribution in [-0.4, -0.2) is 23.7 Å². The Bertz CT molecular complexity index is 337. The third-order valence-corrected chi connectivity index (χ3v) is 2.24. The second-order valence-corrected chi connectivity index (χ2v) is 3.78. The van der Waals surface area contributed by atoms with Gasteiger partial charge in [-0.2, -0.15) is 0 Å². The highest BCUT2D eigenvalue weighted by molar-refractivity contribution is 5.76. The summed E-state index contributed by atoms with van der Waals surface area (Å²) in [5.74, 6) is -0.382. The van der Waals surface area contributed by atoms with E-state index in [1.807, 2.05) is 0 Å². The summed E-state index contributed by atoms with van der Waals surface area (Å²) in [5, 5.41) is 11.4. The largest absolute Gasteiger partial charge is 0.394 e. The average molecular weight is 225 g/mol. The molecule has 16 heavy (non-hydrogen) atoms. The van der Waals surface area contributed by atoms with Crippen LogP contribution >= 0.6 is 0 Å². The van der Waals surface area contributed by atoms with E-state index in [4.69, 9.17) is 5.11 Å². The van der Waals surface area contributed by atoms with Gasteiger partial charge in [-0.15, -0.1) is 0 Å². The van der Waals surface area contributed by atoms with Gasteiger partial charge in [-0.1, -0.05) is 12.1 Å². The number of aliphatic hydroxyl groups is 1. The molecular formula is C12H16FNO2. The Morgan fingerprint density at radius 1 is 1.44 bits per heavy atom. The summed E-state index contributed by atoms with van der Waals surface area (Å²) in [6.07, 6.45) is 0.917. The number of carbonyl (C=O) groups is 1. The molecule has 0 unspecified atom stereocenters. The fraction of sp³-hybridized carbons (Fsp3) is 0.417. The minimum Gasteiger partial charge on any atom is -0.394 e. The molecule has 0 bridgehead atoms. The van der Waals surface area contributed by atoms with E-state index in [9.17, 15) is 9.18 Å². The first-order valence-corrected chi connectivity index (χ1v) is 5.26. The topological polar surface area (TPSA) is 49.3 Å². The molecule has 1 atom stereocenters. The van der Waals surface area contributed by atoms with E-state index in [0.717, 1.165) is 5.56 Å². The van der Waals surface area contributed by atoms with Crippen LogP contribution in [0.25, 0.3) is 0 Å². The van der Waals surface area contributed by atoms with Crippen molar-refractivity contribution in [3.8, 4) is 0 Å². The number of benzene rings is 1. The summed E-state index contributed by atoms with van der Waals surface area (Å²) >= 11 is 0. The summed E-state index contributed by atoms with van der Waals surface area (Å²) in [6, 6.07) is 5.87. The maximum atomic E-state index is 12.6. The fourth-order valence-electron chi connectivity index (χ4n) is 1.30. The van der Waals surface area contributed by atoms with Gasteiger partial charge in [0.2, 0.25) is 5.91 Å². The van der Waals surface area contributed by atoms with Crippen molar-refractivity contribution in [3.05, 3.63) is 35.6 Å². The molecule has 1 amide bonds. The standard InChI is InChI=1S/C12H16FNO2/c1-9(8-15)14-12(16)7-4-10-2-5-11(13)6-3-10/h2-3,5-6,9,15H,4,7-8H2,1H3,(H,14,16)/t9-/m0/s1. The van der Waals surface area contributed by atoms with Crippen LogP contribution in [0.1, 0.15) is 18.9 Å². The average Bonchev–Trinajstić information content (AvgIpc) is 2.28. The van der Waals surface area contributed by atoms with Crippen LogP contribution in [0, 0.1) is 5.82 Å². The molecule has 3 nitrogen and oxygen atoms in total. The van der Waals surface area contributed by atoms with E-state index in [2.05, 4.69) is 5.32 Å². The molecule has 0 heterocycles. The molecule has 0 aliphatic carbocycles. The molecular weight excluding hydrogens is 209 g/mol. The summed E-state index contributed by atoms with van der Waals surface area (Å²) in [5.41, 5.74) is 0.924. The molecule has 1 rings (SSSR count). The molecule has 1 aromatic rings. The van der Waals surface area contributed by atoms with Crippen molar-refractivity contribution in [2.24, 2.45) is 0 Å². The molecule has 0 spiro atoms. The van der Waals surface area contributed by atoms with Crippen LogP contribution in [-0.2, 0) is 11.2 Å². The Labute approximate surface area is 94.3 Å².